The van der Waals surface area contributed by atoms with E-state index < -0.39 is 0 Å². The van der Waals surface area contributed by atoms with E-state index in [2.05, 4.69) is 12.2 Å². The number of ether oxygens (including phenoxy) is 2. The number of likely N-dealkylation sites (N-methyl/N-ethyl adjacent to an activating group) is 1. The molecule has 0 aromatic rings. The molecule has 0 saturated heterocycles. The van der Waals surface area contributed by atoms with E-state index >= 15 is 0 Å². The Balaban J connectivity index is 2.34. The van der Waals surface area contributed by atoms with Gasteiger partial charge in [0.15, 0.2) is 6.29 Å². The van der Waals surface area contributed by atoms with Crippen LogP contribution in [-0.4, -0.2) is 32.1 Å². The molecule has 16 heavy (non-hydrogen) atoms. The van der Waals surface area contributed by atoms with Crippen LogP contribution in [0.5, 0.6) is 0 Å². The van der Waals surface area contributed by atoms with Crippen molar-refractivity contribution in [1.29, 1.82) is 0 Å². The van der Waals surface area contributed by atoms with E-state index in [1.54, 1.807) is 0 Å². The molecule has 1 fully saturated rings. The van der Waals surface area contributed by atoms with E-state index in [0.29, 0.717) is 6.04 Å². The third kappa shape index (κ3) is 5.28. The maximum absolute atomic E-state index is 5.67. The molecule has 1 saturated carbocycles. The molecular formula is C13H27NO2. The van der Waals surface area contributed by atoms with Gasteiger partial charge in [0.25, 0.3) is 0 Å². The summed E-state index contributed by atoms with van der Waals surface area (Å²) in [5.74, 6) is 0.977. The lowest BCUT2D eigenvalue weighted by Crippen LogP contribution is -2.43. The first-order chi connectivity index (χ1) is 7.81. The van der Waals surface area contributed by atoms with E-state index in [1.807, 2.05) is 13.8 Å². The van der Waals surface area contributed by atoms with Crippen molar-refractivity contribution >= 4 is 0 Å². The highest BCUT2D eigenvalue weighted by Gasteiger charge is 2.26. The Morgan fingerprint density at radius 3 is 2.19 bits per heavy atom. The average molecular weight is 229 g/mol. The van der Waals surface area contributed by atoms with Gasteiger partial charge in [0.1, 0.15) is 0 Å². The van der Waals surface area contributed by atoms with Gasteiger partial charge in [-0.25, -0.2) is 0 Å². The monoisotopic (exact) mass is 229 g/mol. The van der Waals surface area contributed by atoms with Crippen molar-refractivity contribution in [2.75, 3.05) is 19.8 Å². The van der Waals surface area contributed by atoms with Crippen molar-refractivity contribution in [1.82, 2.24) is 5.32 Å². The van der Waals surface area contributed by atoms with Gasteiger partial charge in [-0.05, 0) is 39.2 Å². The number of hydrogen-bond donors (Lipinski definition) is 1. The second-order valence-corrected chi connectivity index (χ2v) is 4.46. The van der Waals surface area contributed by atoms with Crippen LogP contribution in [0.1, 0.15) is 46.5 Å². The lowest BCUT2D eigenvalue weighted by atomic mass is 10.1. The Labute approximate surface area is 99.9 Å². The van der Waals surface area contributed by atoms with Crippen LogP contribution in [0.25, 0.3) is 0 Å². The first kappa shape index (κ1) is 13.9. The van der Waals surface area contributed by atoms with Gasteiger partial charge in [0.05, 0.1) is 6.04 Å². The van der Waals surface area contributed by atoms with Crippen LogP contribution < -0.4 is 5.32 Å². The summed E-state index contributed by atoms with van der Waals surface area (Å²) >= 11 is 0. The zero-order chi connectivity index (χ0) is 11.8. The van der Waals surface area contributed by atoms with Crippen LogP contribution in [-0.2, 0) is 9.47 Å². The van der Waals surface area contributed by atoms with E-state index in [4.69, 9.17) is 9.47 Å². The van der Waals surface area contributed by atoms with Crippen molar-refractivity contribution in [2.45, 2.75) is 58.8 Å². The summed E-state index contributed by atoms with van der Waals surface area (Å²) in [7, 11) is 0. The molecule has 0 heterocycles. The molecule has 0 aromatic heterocycles. The molecular weight excluding hydrogens is 202 g/mol. The molecule has 0 aromatic carbocycles. The Hall–Kier alpha value is -0.120. The predicted molar refractivity (Wildman–Crippen MR) is 66.5 cm³/mol. The normalized spacial score (nSPS) is 18.0. The third-order valence-electron chi connectivity index (χ3n) is 3.04. The van der Waals surface area contributed by atoms with Crippen molar-refractivity contribution < 1.29 is 9.47 Å². The summed E-state index contributed by atoms with van der Waals surface area (Å²) in [5.41, 5.74) is 0. The number of rotatable bonds is 10. The zero-order valence-corrected chi connectivity index (χ0v) is 11.0. The molecule has 0 spiro atoms. The Kier molecular flexibility index (Phi) is 7.01. The van der Waals surface area contributed by atoms with Crippen LogP contribution in [0.3, 0.4) is 0 Å². The van der Waals surface area contributed by atoms with Crippen LogP contribution in [0.2, 0.25) is 0 Å². The molecule has 0 bridgehead atoms. The van der Waals surface area contributed by atoms with Gasteiger partial charge in [-0.2, -0.15) is 0 Å². The SMILES string of the molecule is CCNC(CCC1CC1)C(OCC)OCC. The van der Waals surface area contributed by atoms with Crippen LogP contribution in [0, 0.1) is 5.92 Å². The lowest BCUT2D eigenvalue weighted by molar-refractivity contribution is -0.155. The minimum atomic E-state index is -0.0753. The maximum Gasteiger partial charge on any atom is 0.172 e. The number of hydrogen-bond acceptors (Lipinski definition) is 3. The Morgan fingerprint density at radius 2 is 1.75 bits per heavy atom. The second kappa shape index (κ2) is 8.04. The number of nitrogens with one attached hydrogen (secondary N) is 1. The third-order valence-corrected chi connectivity index (χ3v) is 3.04. The van der Waals surface area contributed by atoms with Crippen molar-refractivity contribution in [3.05, 3.63) is 0 Å². The molecule has 1 atom stereocenters. The topological polar surface area (TPSA) is 30.5 Å². The fourth-order valence-corrected chi connectivity index (χ4v) is 2.03. The highest BCUT2D eigenvalue weighted by atomic mass is 16.7. The summed E-state index contributed by atoms with van der Waals surface area (Å²) in [5, 5.41) is 3.49. The van der Waals surface area contributed by atoms with Gasteiger partial charge in [0.2, 0.25) is 0 Å². The molecule has 1 N–H and O–H groups in total. The molecule has 1 unspecified atom stereocenters. The summed E-state index contributed by atoms with van der Waals surface area (Å²) in [6.07, 6.45) is 5.26. The predicted octanol–water partition coefficient (Wildman–Crippen LogP) is 2.55. The molecule has 0 amide bonds. The Bertz CT molecular complexity index is 165. The second-order valence-electron chi connectivity index (χ2n) is 4.46. The van der Waals surface area contributed by atoms with Crippen molar-refractivity contribution in [2.24, 2.45) is 5.92 Å². The van der Waals surface area contributed by atoms with Crippen molar-refractivity contribution in [3.8, 4) is 0 Å². The average Bonchev–Trinajstić information content (AvgIpc) is 3.08. The summed E-state index contributed by atoms with van der Waals surface area (Å²) in [4.78, 5) is 0. The first-order valence-electron chi connectivity index (χ1n) is 6.78. The highest BCUT2D eigenvalue weighted by Crippen LogP contribution is 2.34. The van der Waals surface area contributed by atoms with E-state index in [9.17, 15) is 0 Å². The van der Waals surface area contributed by atoms with Crippen LogP contribution in [0.15, 0.2) is 0 Å². The van der Waals surface area contributed by atoms with Crippen molar-refractivity contribution in [3.63, 3.8) is 0 Å². The molecule has 96 valence electrons. The largest absolute Gasteiger partial charge is 0.351 e. The van der Waals surface area contributed by atoms with E-state index in [0.717, 1.165) is 25.7 Å². The van der Waals surface area contributed by atoms with Gasteiger partial charge in [0, 0.05) is 13.2 Å². The molecule has 3 heteroatoms. The fourth-order valence-electron chi connectivity index (χ4n) is 2.03. The van der Waals surface area contributed by atoms with Gasteiger partial charge < -0.3 is 14.8 Å². The van der Waals surface area contributed by atoms with Gasteiger partial charge in [-0.3, -0.25) is 0 Å². The Morgan fingerprint density at radius 1 is 1.12 bits per heavy atom. The maximum atomic E-state index is 5.67. The standard InChI is InChI=1S/C13H27NO2/c1-4-14-12(10-9-11-7-8-11)13(15-5-2)16-6-3/h11-14H,4-10H2,1-3H3. The minimum absolute atomic E-state index is 0.0753. The molecule has 0 aliphatic heterocycles. The van der Waals surface area contributed by atoms with E-state index in [-0.39, 0.29) is 6.29 Å². The quantitative estimate of drug-likeness (QED) is 0.584. The van der Waals surface area contributed by atoms with E-state index in [1.165, 1.54) is 25.7 Å². The smallest absolute Gasteiger partial charge is 0.172 e. The fraction of sp³-hybridized carbons (Fsp3) is 1.00. The minimum Gasteiger partial charge on any atom is -0.351 e. The summed E-state index contributed by atoms with van der Waals surface area (Å²) < 4.78 is 11.3. The molecule has 1 aliphatic rings. The first-order valence-corrected chi connectivity index (χ1v) is 6.78. The highest BCUT2D eigenvalue weighted by molar-refractivity contribution is 4.78. The summed E-state index contributed by atoms with van der Waals surface area (Å²) in [6.45, 7) is 8.60. The summed E-state index contributed by atoms with van der Waals surface area (Å²) in [6, 6.07) is 0.352. The van der Waals surface area contributed by atoms with Crippen LogP contribution >= 0.6 is 0 Å². The van der Waals surface area contributed by atoms with Crippen LogP contribution in [0.4, 0.5) is 0 Å². The lowest BCUT2D eigenvalue weighted by Gasteiger charge is -2.27. The van der Waals surface area contributed by atoms with Gasteiger partial charge >= 0.3 is 0 Å². The molecule has 1 rings (SSSR count). The molecule has 0 radical (unpaired) electrons. The molecule has 1 aliphatic carbocycles. The zero-order valence-electron chi connectivity index (χ0n) is 11.0. The van der Waals surface area contributed by atoms with Gasteiger partial charge in [-0.15, -0.1) is 0 Å². The van der Waals surface area contributed by atoms with Gasteiger partial charge in [-0.1, -0.05) is 19.8 Å². The molecule has 3 nitrogen and oxygen atoms in total.